The Morgan fingerprint density at radius 1 is 1.36 bits per heavy atom. The lowest BCUT2D eigenvalue weighted by Gasteiger charge is -2.17. The first-order chi connectivity index (χ1) is 12.0. The molecule has 5 nitrogen and oxygen atoms in total. The highest BCUT2D eigenvalue weighted by atomic mass is 32.1. The van der Waals surface area contributed by atoms with Crippen molar-refractivity contribution in [1.29, 1.82) is 5.41 Å². The Morgan fingerprint density at radius 2 is 2.16 bits per heavy atom. The number of nitrogens with zero attached hydrogens (tertiary/aromatic N) is 2. The zero-order valence-electron chi connectivity index (χ0n) is 13.6. The van der Waals surface area contributed by atoms with Crippen molar-refractivity contribution in [2.75, 3.05) is 26.8 Å². The second-order valence-electron chi connectivity index (χ2n) is 5.60. The van der Waals surface area contributed by atoms with Crippen molar-refractivity contribution in [3.05, 3.63) is 46.0 Å². The molecule has 2 N–H and O–H groups in total. The van der Waals surface area contributed by atoms with E-state index in [0.717, 1.165) is 18.6 Å². The summed E-state index contributed by atoms with van der Waals surface area (Å²) in [6, 6.07) is 3.58. The van der Waals surface area contributed by atoms with Gasteiger partial charge in [-0.15, -0.1) is 11.3 Å². The molecule has 1 aromatic carbocycles. The number of aliphatic hydroxyl groups excluding tert-OH is 1. The van der Waals surface area contributed by atoms with Crippen LogP contribution in [-0.4, -0.2) is 47.6 Å². The maximum Gasteiger partial charge on any atom is 0.159 e. The number of hydrogen-bond donors (Lipinski definition) is 2. The van der Waals surface area contributed by atoms with Crippen molar-refractivity contribution in [1.82, 2.24) is 9.88 Å². The molecule has 1 aromatic heterocycles. The number of benzene rings is 1. The average molecular weight is 365 g/mol. The Balaban J connectivity index is 1.81. The van der Waals surface area contributed by atoms with Crippen LogP contribution in [0.15, 0.2) is 29.3 Å². The van der Waals surface area contributed by atoms with Crippen LogP contribution in [-0.2, 0) is 4.74 Å². The van der Waals surface area contributed by atoms with Crippen LogP contribution in [0.2, 0.25) is 0 Å². The smallest absolute Gasteiger partial charge is 0.159 e. The van der Waals surface area contributed by atoms with E-state index < -0.39 is 11.6 Å². The summed E-state index contributed by atoms with van der Waals surface area (Å²) in [5.41, 5.74) is 1.31. The lowest BCUT2D eigenvalue weighted by atomic mass is 10.1. The number of rotatable bonds is 6. The lowest BCUT2D eigenvalue weighted by Crippen LogP contribution is -2.28. The second kappa shape index (κ2) is 7.28. The molecule has 25 heavy (non-hydrogen) atoms. The number of aliphatic hydroxyl groups is 1. The highest BCUT2D eigenvalue weighted by Gasteiger charge is 2.29. The molecule has 132 valence electrons. The predicted octanol–water partition coefficient (Wildman–Crippen LogP) is 3.69. The monoisotopic (exact) mass is 365 g/mol. The van der Waals surface area contributed by atoms with Crippen molar-refractivity contribution in [2.45, 2.75) is 6.42 Å². The van der Waals surface area contributed by atoms with Crippen LogP contribution in [0.1, 0.15) is 11.4 Å². The van der Waals surface area contributed by atoms with Gasteiger partial charge in [-0.2, -0.15) is 0 Å². The number of ether oxygens (including phenoxy) is 1. The molecule has 1 aliphatic rings. The van der Waals surface area contributed by atoms with E-state index in [1.165, 1.54) is 17.4 Å². The SMILES string of the molecule is COCCCN1CC(O)=C(c2nc(-c3ccc(F)c(F)c3)cs2)C1=N. The van der Waals surface area contributed by atoms with E-state index in [1.54, 1.807) is 17.4 Å². The second-order valence-corrected chi connectivity index (χ2v) is 6.46. The molecular formula is C17H17F2N3O2S. The fourth-order valence-electron chi connectivity index (χ4n) is 2.63. The fraction of sp³-hybridized carbons (Fsp3) is 0.294. The molecule has 0 unspecified atom stereocenters. The summed E-state index contributed by atoms with van der Waals surface area (Å²) in [5, 5.41) is 20.7. The van der Waals surface area contributed by atoms with E-state index in [1.807, 2.05) is 0 Å². The first kappa shape index (κ1) is 17.5. The van der Waals surface area contributed by atoms with Gasteiger partial charge in [0, 0.05) is 31.2 Å². The van der Waals surface area contributed by atoms with Gasteiger partial charge in [0.25, 0.3) is 0 Å². The number of amidine groups is 1. The number of methoxy groups -OCH3 is 1. The predicted molar refractivity (Wildman–Crippen MR) is 92.8 cm³/mol. The first-order valence-corrected chi connectivity index (χ1v) is 8.55. The third-order valence-electron chi connectivity index (χ3n) is 3.89. The summed E-state index contributed by atoms with van der Waals surface area (Å²) in [5.74, 6) is -1.55. The van der Waals surface area contributed by atoms with Crippen molar-refractivity contribution < 1.29 is 18.6 Å². The molecule has 0 amide bonds. The van der Waals surface area contributed by atoms with Crippen LogP contribution in [0.4, 0.5) is 8.78 Å². The molecule has 2 heterocycles. The molecule has 0 aliphatic carbocycles. The van der Waals surface area contributed by atoms with Crippen molar-refractivity contribution in [2.24, 2.45) is 0 Å². The van der Waals surface area contributed by atoms with E-state index in [2.05, 4.69) is 4.98 Å². The number of halogens is 2. The summed E-state index contributed by atoms with van der Waals surface area (Å²) in [4.78, 5) is 6.14. The van der Waals surface area contributed by atoms with Crippen LogP contribution in [0.5, 0.6) is 0 Å². The third kappa shape index (κ3) is 3.54. The molecule has 8 heteroatoms. The number of aromatic nitrogens is 1. The van der Waals surface area contributed by atoms with Gasteiger partial charge >= 0.3 is 0 Å². The molecule has 3 rings (SSSR count). The summed E-state index contributed by atoms with van der Waals surface area (Å²) in [6.07, 6.45) is 0.747. The van der Waals surface area contributed by atoms with Crippen LogP contribution in [0, 0.1) is 17.0 Å². The summed E-state index contributed by atoms with van der Waals surface area (Å²) in [7, 11) is 1.62. The van der Waals surface area contributed by atoms with Crippen LogP contribution >= 0.6 is 11.3 Å². The Hall–Kier alpha value is -2.32. The van der Waals surface area contributed by atoms with E-state index in [0.29, 0.717) is 35.0 Å². The van der Waals surface area contributed by atoms with Crippen LogP contribution in [0.25, 0.3) is 16.8 Å². The zero-order valence-corrected chi connectivity index (χ0v) is 14.4. The van der Waals surface area contributed by atoms with Gasteiger partial charge in [-0.25, -0.2) is 13.8 Å². The van der Waals surface area contributed by atoms with E-state index in [9.17, 15) is 13.9 Å². The lowest BCUT2D eigenvalue weighted by molar-refractivity contribution is 0.186. The molecule has 0 radical (unpaired) electrons. The molecule has 0 atom stereocenters. The minimum Gasteiger partial charge on any atom is -0.510 e. The van der Waals surface area contributed by atoms with Gasteiger partial charge in [0.2, 0.25) is 0 Å². The fourth-order valence-corrected chi connectivity index (χ4v) is 3.52. The van der Waals surface area contributed by atoms with Crippen LogP contribution < -0.4 is 0 Å². The van der Waals surface area contributed by atoms with Gasteiger partial charge < -0.3 is 14.7 Å². The molecular weight excluding hydrogens is 348 g/mol. The third-order valence-corrected chi connectivity index (χ3v) is 4.75. The highest BCUT2D eigenvalue weighted by Crippen LogP contribution is 2.32. The summed E-state index contributed by atoms with van der Waals surface area (Å²) >= 11 is 1.25. The van der Waals surface area contributed by atoms with Crippen LogP contribution in [0.3, 0.4) is 0 Å². The largest absolute Gasteiger partial charge is 0.510 e. The van der Waals surface area contributed by atoms with Crippen molar-refractivity contribution >= 4 is 22.7 Å². The van der Waals surface area contributed by atoms with E-state index >= 15 is 0 Å². The Bertz CT molecular complexity index is 835. The summed E-state index contributed by atoms with van der Waals surface area (Å²) in [6.45, 7) is 1.44. The maximum absolute atomic E-state index is 13.4. The number of nitrogens with one attached hydrogen (secondary N) is 1. The molecule has 2 aromatic rings. The maximum atomic E-state index is 13.4. The standard InChI is InChI=1S/C17H17F2N3O2S/c1-24-6-2-5-22-8-14(23)15(16(22)20)17-21-13(9-25-17)10-3-4-11(18)12(19)7-10/h3-4,7,9,20,23H,2,5-6,8H2,1H3. The molecule has 1 aliphatic heterocycles. The van der Waals surface area contributed by atoms with Crippen molar-refractivity contribution in [3.8, 4) is 11.3 Å². The minimum absolute atomic E-state index is 0.0913. The van der Waals surface area contributed by atoms with E-state index in [4.69, 9.17) is 10.1 Å². The van der Waals surface area contributed by atoms with Gasteiger partial charge in [-0.3, -0.25) is 5.41 Å². The van der Waals surface area contributed by atoms with Gasteiger partial charge in [0.15, 0.2) is 11.6 Å². The number of hydrogen-bond acceptors (Lipinski definition) is 5. The minimum atomic E-state index is -0.938. The number of thiazole rings is 1. The van der Waals surface area contributed by atoms with Gasteiger partial charge in [0.05, 0.1) is 17.8 Å². The Morgan fingerprint density at radius 3 is 2.88 bits per heavy atom. The van der Waals surface area contributed by atoms with Gasteiger partial charge in [-0.05, 0) is 24.6 Å². The first-order valence-electron chi connectivity index (χ1n) is 7.67. The van der Waals surface area contributed by atoms with E-state index in [-0.39, 0.29) is 18.1 Å². The topological polar surface area (TPSA) is 69.4 Å². The molecule has 0 fully saturated rings. The normalized spacial score (nSPS) is 14.7. The van der Waals surface area contributed by atoms with Gasteiger partial charge in [0.1, 0.15) is 16.6 Å². The Labute approximate surface area is 147 Å². The molecule has 0 spiro atoms. The van der Waals surface area contributed by atoms with Gasteiger partial charge in [-0.1, -0.05) is 0 Å². The highest BCUT2D eigenvalue weighted by molar-refractivity contribution is 7.11. The van der Waals surface area contributed by atoms with Crippen molar-refractivity contribution in [3.63, 3.8) is 0 Å². The molecule has 0 saturated carbocycles. The quantitative estimate of drug-likeness (QED) is 0.766. The average Bonchev–Trinajstić information content (AvgIpc) is 3.15. The zero-order chi connectivity index (χ0) is 18.0. The molecule has 0 bridgehead atoms. The molecule has 0 saturated heterocycles. The Kier molecular flexibility index (Phi) is 5.10. The summed E-state index contributed by atoms with van der Waals surface area (Å²) < 4.78 is 31.5.